The van der Waals surface area contributed by atoms with Crippen molar-refractivity contribution >= 4 is 52.1 Å². The van der Waals surface area contributed by atoms with Gasteiger partial charge in [0.2, 0.25) is 0 Å². The summed E-state index contributed by atoms with van der Waals surface area (Å²) in [6, 6.07) is 12.2. The van der Waals surface area contributed by atoms with E-state index in [0.29, 0.717) is 43.2 Å². The summed E-state index contributed by atoms with van der Waals surface area (Å²) >= 11 is 3.76. The summed E-state index contributed by atoms with van der Waals surface area (Å²) in [6.07, 6.45) is -1.12. The van der Waals surface area contributed by atoms with E-state index in [4.69, 9.17) is 4.74 Å². The Kier molecular flexibility index (Phi) is 6.67. The van der Waals surface area contributed by atoms with Gasteiger partial charge in [-0.25, -0.2) is 9.18 Å². The molecule has 2 saturated heterocycles. The molecule has 1 aromatic heterocycles. The quantitative estimate of drug-likeness (QED) is 0.514. The monoisotopic (exact) mass is 526 g/mol. The number of halogens is 1. The van der Waals surface area contributed by atoms with Crippen LogP contribution in [0.1, 0.15) is 10.5 Å². The lowest BCUT2D eigenvalue weighted by Gasteiger charge is -2.36. The lowest BCUT2D eigenvalue weighted by Crippen LogP contribution is -2.49. The van der Waals surface area contributed by atoms with Gasteiger partial charge in [-0.15, -0.1) is 0 Å². The van der Waals surface area contributed by atoms with Gasteiger partial charge in [0.25, 0.3) is 11.1 Å². The van der Waals surface area contributed by atoms with E-state index in [0.717, 1.165) is 10.9 Å². The van der Waals surface area contributed by atoms with Crippen molar-refractivity contribution in [3.8, 4) is 0 Å². The van der Waals surface area contributed by atoms with Gasteiger partial charge in [0.1, 0.15) is 11.9 Å². The molecule has 3 aromatic rings. The number of fused-ring (bicyclic) bond motifs is 1. The second kappa shape index (κ2) is 9.92. The number of hydrogen-bond acceptors (Lipinski definition) is 6. The van der Waals surface area contributed by atoms with Crippen LogP contribution in [0.25, 0.3) is 10.9 Å². The highest BCUT2D eigenvalue weighted by molar-refractivity contribution is 7.96. The zero-order valence-electron chi connectivity index (χ0n) is 20.5. The number of ether oxygens (including phenoxy) is 1. The maximum atomic E-state index is 15.1. The first-order valence-electron chi connectivity index (χ1n) is 11.9. The summed E-state index contributed by atoms with van der Waals surface area (Å²) in [4.78, 5) is 43.2. The zero-order chi connectivity index (χ0) is 26.3. The molecular formula is C25H27FN6O4S. The van der Waals surface area contributed by atoms with E-state index < -0.39 is 23.3 Å². The highest BCUT2D eigenvalue weighted by Gasteiger charge is 2.34. The smallest absolute Gasteiger partial charge is 0.414 e. The number of nitrogens with zero attached hydrogens (tertiary/aromatic N) is 6. The Labute approximate surface area is 218 Å². The molecule has 0 radical (unpaired) electrons. The molecule has 0 spiro atoms. The average Bonchev–Trinajstić information content (AvgIpc) is 3.43. The Balaban J connectivity index is 1.23. The Hall–Kier alpha value is -3.80. The number of aromatic nitrogens is 2. The minimum atomic E-state index is -0.591. The summed E-state index contributed by atoms with van der Waals surface area (Å²) < 4.78 is 22.2. The van der Waals surface area contributed by atoms with Gasteiger partial charge in [0.05, 0.1) is 30.0 Å². The Morgan fingerprint density at radius 3 is 2.59 bits per heavy atom. The summed E-state index contributed by atoms with van der Waals surface area (Å²) in [6.45, 7) is 2.19. The standard InChI is InChI=1S/C25H27FN6O4S/c1-28(25(35)37)14-17-15-32(24(34)36-17)16-7-8-21(19(26)13-16)30-9-11-31(12-10-30)23(33)22-18-5-3-4-6-20(18)29(2)27-22/h3-8,13,17H,9-12,14-15H2,1-2H3,(H,35,37). The topological polar surface area (TPSA) is 91.2 Å². The van der Waals surface area contributed by atoms with E-state index in [2.05, 4.69) is 17.7 Å². The lowest BCUT2D eigenvalue weighted by molar-refractivity contribution is 0.0741. The van der Waals surface area contributed by atoms with E-state index in [1.165, 1.54) is 15.9 Å². The fraction of sp³-hybridized carbons (Fsp3) is 0.360. The highest BCUT2D eigenvalue weighted by atomic mass is 32.1. The molecule has 0 N–H and O–H groups in total. The third-order valence-corrected chi connectivity index (χ3v) is 7.13. The van der Waals surface area contributed by atoms with E-state index in [1.807, 2.05) is 36.2 Å². The van der Waals surface area contributed by atoms with E-state index in [1.54, 1.807) is 28.8 Å². The van der Waals surface area contributed by atoms with Crippen LogP contribution in [0.5, 0.6) is 0 Å². The molecular weight excluding hydrogens is 499 g/mol. The largest absolute Gasteiger partial charge is 0.442 e. The number of benzene rings is 2. The number of para-hydroxylation sites is 1. The van der Waals surface area contributed by atoms with E-state index in [9.17, 15) is 14.4 Å². The van der Waals surface area contributed by atoms with Crippen LogP contribution in [0.2, 0.25) is 0 Å². The fourth-order valence-electron chi connectivity index (χ4n) is 4.80. The number of anilines is 2. The molecule has 194 valence electrons. The van der Waals surface area contributed by atoms with Gasteiger partial charge in [-0.1, -0.05) is 30.8 Å². The average molecular weight is 527 g/mol. The Morgan fingerprint density at radius 2 is 1.89 bits per heavy atom. The fourth-order valence-corrected chi connectivity index (χ4v) is 4.88. The van der Waals surface area contributed by atoms with Crippen LogP contribution in [-0.4, -0.2) is 89.2 Å². The van der Waals surface area contributed by atoms with Crippen molar-refractivity contribution in [3.63, 3.8) is 0 Å². The second-order valence-electron chi connectivity index (χ2n) is 9.18. The molecule has 3 amide bonds. The molecule has 2 fully saturated rings. The van der Waals surface area contributed by atoms with Crippen molar-refractivity contribution in [2.75, 3.05) is 56.1 Å². The Bertz CT molecular complexity index is 1370. The van der Waals surface area contributed by atoms with Crippen LogP contribution < -0.4 is 9.80 Å². The molecule has 1 unspecified atom stereocenters. The van der Waals surface area contributed by atoms with Crippen LogP contribution in [0, 0.1) is 5.82 Å². The SMILES string of the molecule is CN(CC1CN(c2ccc(N3CCN(C(=O)c4nn(C)c5ccccc45)CC3)c(F)c2)C(=O)O1)C(=O)S. The predicted octanol–water partition coefficient (Wildman–Crippen LogP) is 2.98. The van der Waals surface area contributed by atoms with E-state index >= 15 is 4.39 Å². The van der Waals surface area contributed by atoms with Gasteiger partial charge in [-0.05, 0) is 24.3 Å². The number of aryl methyl sites for hydroxylation is 1. The van der Waals surface area contributed by atoms with Crippen molar-refractivity contribution in [2.45, 2.75) is 6.10 Å². The van der Waals surface area contributed by atoms with Crippen molar-refractivity contribution in [2.24, 2.45) is 7.05 Å². The first-order chi connectivity index (χ1) is 17.7. The molecule has 1 atom stereocenters. The van der Waals surface area contributed by atoms with E-state index in [-0.39, 0.29) is 19.0 Å². The minimum Gasteiger partial charge on any atom is -0.442 e. The molecule has 0 bridgehead atoms. The van der Waals surface area contributed by atoms with Gasteiger partial charge in [-0.2, -0.15) is 5.10 Å². The number of likely N-dealkylation sites (N-methyl/N-ethyl adjacent to an activating group) is 1. The number of piperazine rings is 1. The number of carbonyl (C=O) groups excluding carboxylic acids is 3. The number of amides is 3. The van der Waals surface area contributed by atoms with Crippen LogP contribution in [0.3, 0.4) is 0 Å². The first-order valence-corrected chi connectivity index (χ1v) is 12.4. The van der Waals surface area contributed by atoms with Crippen molar-refractivity contribution in [3.05, 3.63) is 54.0 Å². The van der Waals surface area contributed by atoms with Gasteiger partial charge in [0.15, 0.2) is 5.69 Å². The number of rotatable bonds is 5. The van der Waals surface area contributed by atoms with Crippen molar-refractivity contribution < 1.29 is 23.5 Å². The predicted molar refractivity (Wildman–Crippen MR) is 140 cm³/mol. The molecule has 2 aromatic carbocycles. The molecule has 37 heavy (non-hydrogen) atoms. The van der Waals surface area contributed by atoms with Crippen LogP contribution >= 0.6 is 12.6 Å². The van der Waals surface area contributed by atoms with Crippen LogP contribution in [0.4, 0.5) is 25.4 Å². The zero-order valence-corrected chi connectivity index (χ0v) is 21.4. The molecule has 10 nitrogen and oxygen atoms in total. The summed E-state index contributed by atoms with van der Waals surface area (Å²) in [5.41, 5.74) is 2.10. The molecule has 0 aliphatic carbocycles. The number of hydrogen-bond donors (Lipinski definition) is 1. The number of cyclic esters (lactones) is 1. The van der Waals surface area contributed by atoms with Gasteiger partial charge < -0.3 is 19.4 Å². The molecule has 5 rings (SSSR count). The number of carbonyl (C=O) groups is 3. The van der Waals surface area contributed by atoms with Crippen molar-refractivity contribution in [1.29, 1.82) is 0 Å². The molecule has 0 saturated carbocycles. The molecule has 2 aliphatic rings. The lowest BCUT2D eigenvalue weighted by atomic mass is 10.1. The Morgan fingerprint density at radius 1 is 1.16 bits per heavy atom. The molecule has 3 heterocycles. The second-order valence-corrected chi connectivity index (χ2v) is 9.57. The first kappa shape index (κ1) is 24.9. The van der Waals surface area contributed by atoms with Gasteiger partial charge >= 0.3 is 6.09 Å². The normalized spacial score (nSPS) is 17.9. The van der Waals surface area contributed by atoms with Gasteiger partial charge in [-0.3, -0.25) is 19.2 Å². The van der Waals surface area contributed by atoms with Crippen molar-refractivity contribution in [1.82, 2.24) is 19.6 Å². The maximum Gasteiger partial charge on any atom is 0.414 e. The maximum absolute atomic E-state index is 15.1. The number of thiol groups is 1. The summed E-state index contributed by atoms with van der Waals surface area (Å²) in [5.74, 6) is -0.605. The third-order valence-electron chi connectivity index (χ3n) is 6.79. The highest BCUT2D eigenvalue weighted by Crippen LogP contribution is 2.29. The van der Waals surface area contributed by atoms with Gasteiger partial charge in [0, 0.05) is 45.7 Å². The summed E-state index contributed by atoms with van der Waals surface area (Å²) in [5, 5.41) is 4.81. The molecule has 2 aliphatic heterocycles. The minimum absolute atomic E-state index is 0.139. The molecule has 12 heteroatoms. The summed E-state index contributed by atoms with van der Waals surface area (Å²) in [7, 11) is 3.37. The third kappa shape index (κ3) is 4.80. The van der Waals surface area contributed by atoms with Crippen LogP contribution in [0.15, 0.2) is 42.5 Å². The van der Waals surface area contributed by atoms with Crippen LogP contribution in [-0.2, 0) is 11.8 Å².